The maximum absolute atomic E-state index is 13.1. The molecule has 4 N–H and O–H groups in total. The molecule has 3 rings (SSSR count). The summed E-state index contributed by atoms with van der Waals surface area (Å²) in [6, 6.07) is 2.45. The molecule has 0 unspecified atom stereocenters. The summed E-state index contributed by atoms with van der Waals surface area (Å²) >= 11 is 0. The summed E-state index contributed by atoms with van der Waals surface area (Å²) in [5.74, 6) is -1.13. The number of carbonyl (C=O) groups excluding carboxylic acids is 3. The Bertz CT molecular complexity index is 993. The lowest BCUT2D eigenvalue weighted by atomic mass is 9.90. The molecule has 1 aliphatic carbocycles. The number of nitrogens with one attached hydrogen (secondary N) is 4. The number of aromatic amines is 1. The number of aryl methyl sites for hydroxylation is 1. The minimum absolute atomic E-state index is 0.0828. The number of nitriles is 1. The maximum atomic E-state index is 13.1. The Kier molecular flexibility index (Phi) is 7.12. The third kappa shape index (κ3) is 6.17. The summed E-state index contributed by atoms with van der Waals surface area (Å²) in [5, 5.41) is 18.1. The van der Waals surface area contributed by atoms with E-state index >= 15 is 0 Å². The average molecular weight is 482 g/mol. The molecule has 1 saturated carbocycles. The highest BCUT2D eigenvalue weighted by atomic mass is 19.4. The predicted molar refractivity (Wildman–Crippen MR) is 116 cm³/mol. The van der Waals surface area contributed by atoms with Crippen LogP contribution in [0.5, 0.6) is 0 Å². The molecule has 8 nitrogen and oxygen atoms in total. The van der Waals surface area contributed by atoms with Crippen LogP contribution in [0.25, 0.3) is 0 Å². The zero-order valence-corrected chi connectivity index (χ0v) is 19.4. The number of rotatable bonds is 10. The van der Waals surface area contributed by atoms with E-state index in [2.05, 4.69) is 27.0 Å². The minimum atomic E-state index is -4.64. The van der Waals surface area contributed by atoms with Gasteiger partial charge >= 0.3 is 6.18 Å². The first-order valence-corrected chi connectivity index (χ1v) is 11.3. The number of alkyl halides is 3. The molecule has 2 aliphatic rings. The Morgan fingerprint density at radius 2 is 2.06 bits per heavy atom. The largest absolute Gasteiger partial charge is 0.431 e. The monoisotopic (exact) mass is 481 g/mol. The molecule has 2 fully saturated rings. The summed E-state index contributed by atoms with van der Waals surface area (Å²) in [5.41, 5.74) is -3.21. The van der Waals surface area contributed by atoms with Crippen LogP contribution in [-0.2, 0) is 15.8 Å². The summed E-state index contributed by atoms with van der Waals surface area (Å²) in [7, 11) is 0. The number of H-pyrrole nitrogens is 1. The van der Waals surface area contributed by atoms with E-state index in [4.69, 9.17) is 0 Å². The number of hydrogen-bond donors (Lipinski definition) is 4. The Labute approximate surface area is 196 Å². The molecule has 1 aromatic rings. The first-order chi connectivity index (χ1) is 15.8. The molecule has 0 bridgehead atoms. The first-order valence-electron chi connectivity index (χ1n) is 11.3. The Morgan fingerprint density at radius 1 is 1.38 bits per heavy atom. The predicted octanol–water partition coefficient (Wildman–Crippen LogP) is 2.60. The van der Waals surface area contributed by atoms with E-state index in [1.54, 1.807) is 0 Å². The summed E-state index contributed by atoms with van der Waals surface area (Å²) in [4.78, 5) is 39.3. The van der Waals surface area contributed by atoms with Crippen LogP contribution in [0.1, 0.15) is 67.7 Å². The Morgan fingerprint density at radius 3 is 2.53 bits per heavy atom. The number of halogens is 3. The molecule has 0 radical (unpaired) electrons. The molecule has 1 aliphatic heterocycles. The van der Waals surface area contributed by atoms with Gasteiger partial charge in [-0.1, -0.05) is 12.8 Å². The van der Waals surface area contributed by atoms with Crippen molar-refractivity contribution in [2.24, 2.45) is 11.8 Å². The molecule has 0 aromatic carbocycles. The van der Waals surface area contributed by atoms with Gasteiger partial charge in [-0.25, -0.2) is 0 Å². The van der Waals surface area contributed by atoms with Crippen molar-refractivity contribution >= 4 is 18.1 Å². The number of hydrogen-bond acceptors (Lipinski definition) is 5. The third-order valence-electron chi connectivity index (χ3n) is 6.41. The topological polar surface area (TPSA) is 127 Å². The van der Waals surface area contributed by atoms with Gasteiger partial charge in [-0.05, 0) is 57.6 Å². The van der Waals surface area contributed by atoms with Crippen molar-refractivity contribution < 1.29 is 27.6 Å². The SMILES string of the molecule is Cc1cc(C(=O)N[C@@](C=O)(CN[C@H](C#N)C[C@@H]2CC(C)(C)NC2=O)CC2CC2)[nH]c1C(F)(F)F. The molecule has 186 valence electrons. The lowest BCUT2D eigenvalue weighted by Gasteiger charge is -2.31. The van der Waals surface area contributed by atoms with Crippen LogP contribution < -0.4 is 16.0 Å². The number of nitrogens with zero attached hydrogens (tertiary/aromatic N) is 1. The third-order valence-corrected chi connectivity index (χ3v) is 6.41. The average Bonchev–Trinajstić information content (AvgIpc) is 3.38. The molecule has 0 spiro atoms. The lowest BCUT2D eigenvalue weighted by Crippen LogP contribution is -2.58. The van der Waals surface area contributed by atoms with Crippen LogP contribution in [-0.4, -0.2) is 46.7 Å². The van der Waals surface area contributed by atoms with Gasteiger partial charge in [0.2, 0.25) is 5.91 Å². The van der Waals surface area contributed by atoms with Gasteiger partial charge in [-0.3, -0.25) is 14.9 Å². The highest BCUT2D eigenvalue weighted by molar-refractivity contribution is 5.95. The van der Waals surface area contributed by atoms with Crippen LogP contribution in [0.2, 0.25) is 0 Å². The van der Waals surface area contributed by atoms with Crippen molar-refractivity contribution in [3.63, 3.8) is 0 Å². The molecule has 1 saturated heterocycles. The van der Waals surface area contributed by atoms with E-state index in [1.165, 1.54) is 6.92 Å². The van der Waals surface area contributed by atoms with E-state index in [1.807, 2.05) is 13.8 Å². The molecular formula is C23H30F3N5O3. The zero-order valence-electron chi connectivity index (χ0n) is 19.4. The van der Waals surface area contributed by atoms with Gasteiger partial charge in [0, 0.05) is 18.0 Å². The fourth-order valence-electron chi connectivity index (χ4n) is 4.55. The van der Waals surface area contributed by atoms with E-state index < -0.39 is 29.4 Å². The van der Waals surface area contributed by atoms with Gasteiger partial charge < -0.3 is 20.4 Å². The normalized spacial score (nSPS) is 22.4. The fraction of sp³-hybridized carbons (Fsp3) is 0.652. The Balaban J connectivity index is 1.72. The molecule has 2 amide bonds. The van der Waals surface area contributed by atoms with Gasteiger partial charge in [0.1, 0.15) is 23.2 Å². The summed E-state index contributed by atoms with van der Waals surface area (Å²) < 4.78 is 39.3. The second kappa shape index (κ2) is 9.41. The smallest absolute Gasteiger partial charge is 0.351 e. The first kappa shape index (κ1) is 25.7. The van der Waals surface area contributed by atoms with Gasteiger partial charge in [-0.15, -0.1) is 0 Å². The standard InChI is InChI=1S/C23H30F3N5O3/c1-13-6-17(29-18(13)23(24,25)26)20(34)31-22(12-32,8-14-4-5-14)11-28-16(10-27)7-15-9-21(2,3)30-19(15)33/h6,12,14-16,28-29H,4-5,7-9,11H2,1-3H3,(H,30,33)(H,31,34)/t15-,16+,22-/m1/s1. The van der Waals surface area contributed by atoms with Gasteiger partial charge in [-0.2, -0.15) is 18.4 Å². The van der Waals surface area contributed by atoms with Gasteiger partial charge in [0.25, 0.3) is 5.91 Å². The highest BCUT2D eigenvalue weighted by Gasteiger charge is 2.42. The zero-order chi connectivity index (χ0) is 25.3. The van der Waals surface area contributed by atoms with E-state index in [-0.39, 0.29) is 47.5 Å². The van der Waals surface area contributed by atoms with Gasteiger partial charge in [0.05, 0.1) is 12.1 Å². The van der Waals surface area contributed by atoms with Crippen molar-refractivity contribution in [3.8, 4) is 6.07 Å². The quantitative estimate of drug-likeness (QED) is 0.382. The summed E-state index contributed by atoms with van der Waals surface area (Å²) in [6.07, 6.45) is -1.19. The van der Waals surface area contributed by atoms with Crippen LogP contribution in [0, 0.1) is 30.1 Å². The molecule has 1 aromatic heterocycles. The number of aldehydes is 1. The molecule has 2 heterocycles. The molecular weight excluding hydrogens is 451 g/mol. The lowest BCUT2D eigenvalue weighted by molar-refractivity contribution is -0.141. The number of amides is 2. The number of carbonyl (C=O) groups is 3. The van der Waals surface area contributed by atoms with Gasteiger partial charge in [0.15, 0.2) is 0 Å². The second-order valence-corrected chi connectivity index (χ2v) is 10.2. The minimum Gasteiger partial charge on any atom is -0.351 e. The second-order valence-electron chi connectivity index (χ2n) is 10.2. The number of aromatic nitrogens is 1. The maximum Gasteiger partial charge on any atom is 0.431 e. The van der Waals surface area contributed by atoms with Crippen LogP contribution in [0.3, 0.4) is 0 Å². The van der Waals surface area contributed by atoms with Crippen molar-refractivity contribution in [2.45, 2.75) is 76.2 Å². The van der Waals surface area contributed by atoms with Crippen LogP contribution >= 0.6 is 0 Å². The fourth-order valence-corrected chi connectivity index (χ4v) is 4.55. The van der Waals surface area contributed by atoms with E-state index in [0.717, 1.165) is 18.9 Å². The van der Waals surface area contributed by atoms with Crippen LogP contribution in [0.4, 0.5) is 13.2 Å². The van der Waals surface area contributed by atoms with Crippen LogP contribution in [0.15, 0.2) is 6.07 Å². The van der Waals surface area contributed by atoms with E-state index in [0.29, 0.717) is 19.1 Å². The molecule has 3 atom stereocenters. The van der Waals surface area contributed by atoms with E-state index in [9.17, 15) is 32.8 Å². The van der Waals surface area contributed by atoms with Crippen molar-refractivity contribution in [1.82, 2.24) is 20.9 Å². The molecule has 11 heteroatoms. The van der Waals surface area contributed by atoms with Crippen molar-refractivity contribution in [3.05, 3.63) is 23.0 Å². The van der Waals surface area contributed by atoms with Crippen molar-refractivity contribution in [2.75, 3.05) is 6.54 Å². The van der Waals surface area contributed by atoms with Crippen molar-refractivity contribution in [1.29, 1.82) is 5.26 Å². The Hall–Kier alpha value is -2.87. The summed E-state index contributed by atoms with van der Waals surface area (Å²) in [6.45, 7) is 4.96. The highest BCUT2D eigenvalue weighted by Crippen LogP contribution is 2.37. The molecule has 34 heavy (non-hydrogen) atoms.